The van der Waals surface area contributed by atoms with E-state index in [0.717, 1.165) is 11.1 Å². The van der Waals surface area contributed by atoms with E-state index in [4.69, 9.17) is 9.47 Å². The van der Waals surface area contributed by atoms with Crippen molar-refractivity contribution in [1.82, 2.24) is 10.6 Å². The average molecular weight is 399 g/mol. The van der Waals surface area contributed by atoms with Gasteiger partial charge in [0, 0.05) is 0 Å². The standard InChI is InChI=1S/C23H30N2O4/c1-15(2)22(25-21(26)13-17-9-7-6-8-10-17)23(27)24-16(3)18-11-12-19(28-4)20(14-18)29-5/h6-12,14-16,22H,13H2,1-5H3,(H,24,27)(H,25,26). The van der Waals surface area contributed by atoms with Crippen LogP contribution in [0.2, 0.25) is 0 Å². The van der Waals surface area contributed by atoms with Gasteiger partial charge in [0.25, 0.3) is 0 Å². The lowest BCUT2D eigenvalue weighted by atomic mass is 10.0. The molecule has 0 aliphatic rings. The quantitative estimate of drug-likeness (QED) is 0.680. The molecule has 0 spiro atoms. The number of nitrogens with one attached hydrogen (secondary N) is 2. The van der Waals surface area contributed by atoms with Crippen molar-refractivity contribution >= 4 is 11.8 Å². The van der Waals surface area contributed by atoms with Crippen molar-refractivity contribution in [3.63, 3.8) is 0 Å². The van der Waals surface area contributed by atoms with Gasteiger partial charge in [-0.3, -0.25) is 9.59 Å². The van der Waals surface area contributed by atoms with Crippen LogP contribution in [0.3, 0.4) is 0 Å². The highest BCUT2D eigenvalue weighted by molar-refractivity contribution is 5.88. The lowest BCUT2D eigenvalue weighted by Crippen LogP contribution is -2.50. The third-order valence-corrected chi connectivity index (χ3v) is 4.74. The number of methoxy groups -OCH3 is 2. The minimum atomic E-state index is -0.617. The number of rotatable bonds is 9. The number of hydrogen-bond donors (Lipinski definition) is 2. The summed E-state index contributed by atoms with van der Waals surface area (Å²) in [6.45, 7) is 5.71. The predicted molar refractivity (Wildman–Crippen MR) is 113 cm³/mol. The third kappa shape index (κ3) is 6.24. The van der Waals surface area contributed by atoms with Crippen LogP contribution in [-0.4, -0.2) is 32.1 Å². The van der Waals surface area contributed by atoms with Crippen molar-refractivity contribution in [1.29, 1.82) is 0 Å². The summed E-state index contributed by atoms with van der Waals surface area (Å²) in [6, 6.07) is 14.1. The van der Waals surface area contributed by atoms with Crippen LogP contribution in [0.5, 0.6) is 11.5 Å². The molecule has 156 valence electrons. The molecule has 0 aliphatic carbocycles. The fourth-order valence-electron chi connectivity index (χ4n) is 3.05. The Morgan fingerprint density at radius 2 is 1.55 bits per heavy atom. The number of carbonyl (C=O) groups is 2. The zero-order valence-electron chi connectivity index (χ0n) is 17.7. The van der Waals surface area contributed by atoms with Crippen LogP contribution < -0.4 is 20.1 Å². The Kier molecular flexibility index (Phi) is 8.07. The molecule has 0 radical (unpaired) electrons. The van der Waals surface area contributed by atoms with Crippen LogP contribution in [0.1, 0.15) is 37.9 Å². The summed E-state index contributed by atoms with van der Waals surface area (Å²) >= 11 is 0. The average Bonchev–Trinajstić information content (AvgIpc) is 2.71. The summed E-state index contributed by atoms with van der Waals surface area (Å²) in [6.07, 6.45) is 0.239. The number of ether oxygens (including phenoxy) is 2. The van der Waals surface area contributed by atoms with E-state index in [-0.39, 0.29) is 30.2 Å². The predicted octanol–water partition coefficient (Wildman–Crippen LogP) is 3.26. The maximum absolute atomic E-state index is 12.9. The molecule has 2 rings (SSSR count). The van der Waals surface area contributed by atoms with Crippen molar-refractivity contribution in [2.24, 2.45) is 5.92 Å². The van der Waals surface area contributed by atoms with Gasteiger partial charge in [0.2, 0.25) is 11.8 Å². The zero-order chi connectivity index (χ0) is 21.4. The van der Waals surface area contributed by atoms with Gasteiger partial charge in [0.05, 0.1) is 26.7 Å². The van der Waals surface area contributed by atoms with Gasteiger partial charge in [0.15, 0.2) is 11.5 Å². The van der Waals surface area contributed by atoms with E-state index in [2.05, 4.69) is 10.6 Å². The minimum absolute atomic E-state index is 0.0488. The molecule has 0 saturated carbocycles. The second kappa shape index (κ2) is 10.5. The number of hydrogen-bond acceptors (Lipinski definition) is 4. The van der Waals surface area contributed by atoms with Crippen LogP contribution >= 0.6 is 0 Å². The first-order valence-corrected chi connectivity index (χ1v) is 9.71. The van der Waals surface area contributed by atoms with E-state index in [0.29, 0.717) is 11.5 Å². The molecule has 0 fully saturated rings. The van der Waals surface area contributed by atoms with E-state index >= 15 is 0 Å². The summed E-state index contributed by atoms with van der Waals surface area (Å²) < 4.78 is 10.6. The molecule has 6 nitrogen and oxygen atoms in total. The van der Waals surface area contributed by atoms with Gasteiger partial charge in [-0.05, 0) is 36.1 Å². The van der Waals surface area contributed by atoms with Crippen molar-refractivity contribution in [3.8, 4) is 11.5 Å². The highest BCUT2D eigenvalue weighted by Gasteiger charge is 2.25. The van der Waals surface area contributed by atoms with Crippen molar-refractivity contribution < 1.29 is 19.1 Å². The van der Waals surface area contributed by atoms with Gasteiger partial charge in [-0.15, -0.1) is 0 Å². The molecule has 0 heterocycles. The first-order valence-electron chi connectivity index (χ1n) is 9.71. The highest BCUT2D eigenvalue weighted by atomic mass is 16.5. The van der Waals surface area contributed by atoms with E-state index in [1.165, 1.54) is 0 Å². The maximum atomic E-state index is 12.9. The minimum Gasteiger partial charge on any atom is -0.493 e. The molecule has 2 aromatic carbocycles. The van der Waals surface area contributed by atoms with E-state index in [9.17, 15) is 9.59 Å². The second-order valence-corrected chi connectivity index (χ2v) is 7.30. The van der Waals surface area contributed by atoms with Gasteiger partial charge < -0.3 is 20.1 Å². The lowest BCUT2D eigenvalue weighted by molar-refractivity contribution is -0.130. The molecule has 0 aliphatic heterocycles. The summed E-state index contributed by atoms with van der Waals surface area (Å²) in [7, 11) is 3.15. The molecule has 0 bridgehead atoms. The summed E-state index contributed by atoms with van der Waals surface area (Å²) in [5.74, 6) is 0.783. The molecule has 2 unspecified atom stereocenters. The summed E-state index contributed by atoms with van der Waals surface area (Å²) in [5, 5.41) is 5.85. The van der Waals surface area contributed by atoms with Crippen LogP contribution in [0.4, 0.5) is 0 Å². The Balaban J connectivity index is 2.04. The monoisotopic (exact) mass is 398 g/mol. The van der Waals surface area contributed by atoms with Gasteiger partial charge in [-0.1, -0.05) is 50.2 Å². The zero-order valence-corrected chi connectivity index (χ0v) is 17.7. The van der Waals surface area contributed by atoms with Crippen molar-refractivity contribution in [3.05, 3.63) is 59.7 Å². The molecule has 0 saturated heterocycles. The van der Waals surface area contributed by atoms with Gasteiger partial charge in [-0.2, -0.15) is 0 Å². The first-order chi connectivity index (χ1) is 13.8. The first kappa shape index (κ1) is 22.3. The topological polar surface area (TPSA) is 76.7 Å². The lowest BCUT2D eigenvalue weighted by Gasteiger charge is -2.24. The van der Waals surface area contributed by atoms with E-state index < -0.39 is 6.04 Å². The Hall–Kier alpha value is -3.02. The van der Waals surface area contributed by atoms with Crippen molar-refractivity contribution in [2.45, 2.75) is 39.3 Å². The number of benzene rings is 2. The Morgan fingerprint density at radius 1 is 0.897 bits per heavy atom. The maximum Gasteiger partial charge on any atom is 0.243 e. The molecule has 29 heavy (non-hydrogen) atoms. The fourth-order valence-corrected chi connectivity index (χ4v) is 3.05. The molecule has 2 amide bonds. The number of carbonyl (C=O) groups excluding carboxylic acids is 2. The largest absolute Gasteiger partial charge is 0.493 e. The van der Waals surface area contributed by atoms with Crippen molar-refractivity contribution in [2.75, 3.05) is 14.2 Å². The molecule has 2 atom stereocenters. The summed E-state index contributed by atoms with van der Waals surface area (Å²) in [4.78, 5) is 25.3. The third-order valence-electron chi connectivity index (χ3n) is 4.74. The molecular formula is C23H30N2O4. The van der Waals surface area contributed by atoms with E-state index in [1.54, 1.807) is 20.3 Å². The smallest absolute Gasteiger partial charge is 0.243 e. The molecule has 0 aromatic heterocycles. The summed E-state index contributed by atoms with van der Waals surface area (Å²) in [5.41, 5.74) is 1.79. The van der Waals surface area contributed by atoms with Gasteiger partial charge >= 0.3 is 0 Å². The second-order valence-electron chi connectivity index (χ2n) is 7.30. The molecule has 2 aromatic rings. The van der Waals surface area contributed by atoms with Crippen LogP contribution in [0.25, 0.3) is 0 Å². The van der Waals surface area contributed by atoms with Crippen LogP contribution in [0, 0.1) is 5.92 Å². The fraction of sp³-hybridized carbons (Fsp3) is 0.391. The number of amides is 2. The Morgan fingerprint density at radius 3 is 2.14 bits per heavy atom. The van der Waals surface area contributed by atoms with Gasteiger partial charge in [-0.25, -0.2) is 0 Å². The van der Waals surface area contributed by atoms with E-state index in [1.807, 2.05) is 63.2 Å². The molecule has 2 N–H and O–H groups in total. The molecule has 6 heteroatoms. The van der Waals surface area contributed by atoms with Crippen LogP contribution in [-0.2, 0) is 16.0 Å². The highest BCUT2D eigenvalue weighted by Crippen LogP contribution is 2.29. The van der Waals surface area contributed by atoms with Crippen LogP contribution in [0.15, 0.2) is 48.5 Å². The Bertz CT molecular complexity index is 821. The Labute approximate surface area is 172 Å². The molecular weight excluding hydrogens is 368 g/mol. The van der Waals surface area contributed by atoms with Gasteiger partial charge in [0.1, 0.15) is 6.04 Å². The SMILES string of the molecule is COc1ccc(C(C)NC(=O)C(NC(=O)Cc2ccccc2)C(C)C)cc1OC. The normalized spacial score (nSPS) is 12.8.